The predicted octanol–water partition coefficient (Wildman–Crippen LogP) is 1.51. The van der Waals surface area contributed by atoms with Gasteiger partial charge in [-0.05, 0) is 24.3 Å². The first kappa shape index (κ1) is 17.6. The van der Waals surface area contributed by atoms with E-state index in [1.54, 1.807) is 36.4 Å². The molecular weight excluding hydrogens is 338 g/mol. The van der Waals surface area contributed by atoms with Crippen molar-refractivity contribution in [3.05, 3.63) is 70.8 Å². The second-order valence-electron chi connectivity index (χ2n) is 5.60. The molecule has 3 rings (SSSR count). The lowest BCUT2D eigenvalue weighted by atomic mass is 10.2. The zero-order valence-corrected chi connectivity index (χ0v) is 14.0. The van der Waals surface area contributed by atoms with Crippen LogP contribution in [0, 0.1) is 0 Å². The summed E-state index contributed by atoms with van der Waals surface area (Å²) < 4.78 is 12.2. The molecular formula is C18H17N3O5. The third kappa shape index (κ3) is 4.22. The minimum absolute atomic E-state index is 0.0346. The van der Waals surface area contributed by atoms with Crippen molar-refractivity contribution in [2.24, 2.45) is 0 Å². The number of benzene rings is 1. The van der Waals surface area contributed by atoms with E-state index in [-0.39, 0.29) is 18.3 Å². The van der Waals surface area contributed by atoms with Crippen LogP contribution in [0.5, 0.6) is 0 Å². The van der Waals surface area contributed by atoms with E-state index in [4.69, 9.17) is 9.47 Å². The first-order valence-electron chi connectivity index (χ1n) is 7.95. The van der Waals surface area contributed by atoms with Gasteiger partial charge in [-0.15, -0.1) is 0 Å². The van der Waals surface area contributed by atoms with Crippen molar-refractivity contribution >= 4 is 17.7 Å². The van der Waals surface area contributed by atoms with Gasteiger partial charge in [-0.3, -0.25) is 9.36 Å². The topological polar surface area (TPSA) is 99.5 Å². The molecule has 0 aliphatic carbocycles. The summed E-state index contributed by atoms with van der Waals surface area (Å²) in [5.41, 5.74) is -0.104. The number of nitrogens with one attached hydrogen (secondary N) is 1. The Labute approximate surface area is 149 Å². The smallest absolute Gasteiger partial charge is 0.351 e. The minimum Gasteiger partial charge on any atom is -0.459 e. The first-order chi connectivity index (χ1) is 12.5. The van der Waals surface area contributed by atoms with Gasteiger partial charge in [0.1, 0.15) is 18.5 Å². The molecule has 1 aromatic heterocycles. The molecule has 0 radical (unpaired) electrons. The molecule has 0 saturated heterocycles. The molecule has 8 heteroatoms. The quantitative estimate of drug-likeness (QED) is 0.645. The molecule has 1 amide bonds. The fraction of sp³-hybridized carbons (Fsp3) is 0.222. The molecule has 0 fully saturated rings. The molecule has 0 saturated carbocycles. The maximum atomic E-state index is 12.1. The van der Waals surface area contributed by atoms with Crippen molar-refractivity contribution in [1.82, 2.24) is 9.55 Å². The number of hydrogen-bond acceptors (Lipinski definition) is 6. The van der Waals surface area contributed by atoms with E-state index >= 15 is 0 Å². The van der Waals surface area contributed by atoms with E-state index in [9.17, 15) is 14.4 Å². The number of nitrogens with zero attached hydrogens (tertiary/aromatic N) is 2. The van der Waals surface area contributed by atoms with E-state index in [1.807, 2.05) is 6.07 Å². The van der Waals surface area contributed by atoms with E-state index in [2.05, 4.69) is 10.3 Å². The number of ether oxygens (including phenoxy) is 2. The summed E-state index contributed by atoms with van der Waals surface area (Å²) in [6, 6.07) is 10.2. The van der Waals surface area contributed by atoms with E-state index in [1.165, 1.54) is 23.8 Å². The highest BCUT2D eigenvalue weighted by Crippen LogP contribution is 2.20. The van der Waals surface area contributed by atoms with Crippen LogP contribution in [-0.2, 0) is 14.3 Å². The van der Waals surface area contributed by atoms with E-state index in [0.717, 1.165) is 0 Å². The summed E-state index contributed by atoms with van der Waals surface area (Å²) in [7, 11) is 0. The SMILES string of the molecule is CC(=O)Nc1ccn([C@@H]2C=C[C@@H](COC(=O)c3ccccc3)O2)c(=O)n1. The Morgan fingerprint density at radius 3 is 2.69 bits per heavy atom. The van der Waals surface area contributed by atoms with Gasteiger partial charge in [0, 0.05) is 13.1 Å². The second kappa shape index (κ2) is 7.75. The van der Waals surface area contributed by atoms with Crippen molar-refractivity contribution in [3.8, 4) is 0 Å². The molecule has 8 nitrogen and oxygen atoms in total. The highest BCUT2D eigenvalue weighted by atomic mass is 16.6. The van der Waals surface area contributed by atoms with Gasteiger partial charge in [0.05, 0.1) is 5.56 Å². The zero-order valence-electron chi connectivity index (χ0n) is 14.0. The molecule has 1 N–H and O–H groups in total. The molecule has 26 heavy (non-hydrogen) atoms. The Balaban J connectivity index is 1.57. The fourth-order valence-corrected chi connectivity index (χ4v) is 2.41. The van der Waals surface area contributed by atoms with Crippen LogP contribution >= 0.6 is 0 Å². The van der Waals surface area contributed by atoms with Crippen LogP contribution in [-0.4, -0.2) is 34.1 Å². The largest absolute Gasteiger partial charge is 0.459 e. The monoisotopic (exact) mass is 355 g/mol. The molecule has 2 atom stereocenters. The summed E-state index contributed by atoms with van der Waals surface area (Å²) in [6.45, 7) is 1.37. The molecule has 0 unspecified atom stereocenters. The lowest BCUT2D eigenvalue weighted by molar-refractivity contribution is -0.114. The van der Waals surface area contributed by atoms with Crippen molar-refractivity contribution in [1.29, 1.82) is 0 Å². The first-order valence-corrected chi connectivity index (χ1v) is 7.95. The summed E-state index contributed by atoms with van der Waals surface area (Å²) in [4.78, 5) is 38.8. The van der Waals surface area contributed by atoms with E-state index in [0.29, 0.717) is 5.56 Å². The number of anilines is 1. The van der Waals surface area contributed by atoms with Crippen molar-refractivity contribution in [2.75, 3.05) is 11.9 Å². The van der Waals surface area contributed by atoms with Crippen molar-refractivity contribution in [3.63, 3.8) is 0 Å². The number of rotatable bonds is 5. The average molecular weight is 355 g/mol. The normalized spacial score (nSPS) is 18.5. The number of amides is 1. The molecule has 2 heterocycles. The van der Waals surface area contributed by atoms with Crippen LogP contribution < -0.4 is 11.0 Å². The molecule has 0 spiro atoms. The summed E-state index contributed by atoms with van der Waals surface area (Å²) in [5, 5.41) is 2.44. The van der Waals surface area contributed by atoms with Crippen LogP contribution in [0.4, 0.5) is 5.82 Å². The number of esters is 1. The van der Waals surface area contributed by atoms with Gasteiger partial charge in [0.15, 0.2) is 6.23 Å². The van der Waals surface area contributed by atoms with Crippen LogP contribution in [0.25, 0.3) is 0 Å². The Bertz CT molecular complexity index is 891. The lowest BCUT2D eigenvalue weighted by Crippen LogP contribution is -2.29. The second-order valence-corrected chi connectivity index (χ2v) is 5.60. The Morgan fingerprint density at radius 1 is 1.23 bits per heavy atom. The highest BCUT2D eigenvalue weighted by molar-refractivity contribution is 5.89. The standard InChI is InChI=1S/C18H17N3O5/c1-12(22)19-15-9-10-21(18(24)20-15)16-8-7-14(26-16)11-25-17(23)13-5-3-2-4-6-13/h2-10,14,16H,11H2,1H3,(H,19,20,22,24)/t14-,16-/m0/s1. The van der Waals surface area contributed by atoms with Crippen molar-refractivity contribution < 1.29 is 19.1 Å². The van der Waals surface area contributed by atoms with Gasteiger partial charge in [0.2, 0.25) is 5.91 Å². The Morgan fingerprint density at radius 2 is 2.00 bits per heavy atom. The maximum Gasteiger partial charge on any atom is 0.351 e. The summed E-state index contributed by atoms with van der Waals surface area (Å²) in [6.07, 6.45) is 3.77. The maximum absolute atomic E-state index is 12.1. The third-order valence-electron chi connectivity index (χ3n) is 3.60. The Kier molecular flexibility index (Phi) is 5.23. The number of aromatic nitrogens is 2. The Hall–Kier alpha value is -3.26. The van der Waals surface area contributed by atoms with Gasteiger partial charge < -0.3 is 14.8 Å². The third-order valence-corrected chi connectivity index (χ3v) is 3.60. The highest BCUT2D eigenvalue weighted by Gasteiger charge is 2.23. The van der Waals surface area contributed by atoms with Crippen LogP contribution in [0.2, 0.25) is 0 Å². The van der Waals surface area contributed by atoms with Gasteiger partial charge >= 0.3 is 11.7 Å². The number of carbonyl (C=O) groups is 2. The van der Waals surface area contributed by atoms with Gasteiger partial charge in [-0.2, -0.15) is 4.98 Å². The van der Waals surface area contributed by atoms with Gasteiger partial charge in [0.25, 0.3) is 0 Å². The van der Waals surface area contributed by atoms with E-state index < -0.39 is 24.0 Å². The fourth-order valence-electron chi connectivity index (χ4n) is 2.41. The van der Waals surface area contributed by atoms with Gasteiger partial charge in [-0.25, -0.2) is 9.59 Å². The molecule has 1 aromatic carbocycles. The predicted molar refractivity (Wildman–Crippen MR) is 92.6 cm³/mol. The molecule has 134 valence electrons. The summed E-state index contributed by atoms with van der Waals surface area (Å²) >= 11 is 0. The minimum atomic E-state index is -0.651. The van der Waals surface area contributed by atoms with Crippen LogP contribution in [0.3, 0.4) is 0 Å². The zero-order chi connectivity index (χ0) is 18.5. The molecule has 1 aliphatic rings. The summed E-state index contributed by atoms with van der Waals surface area (Å²) in [5.74, 6) is -0.578. The van der Waals surface area contributed by atoms with Crippen LogP contribution in [0.1, 0.15) is 23.5 Å². The molecule has 0 bridgehead atoms. The molecule has 2 aromatic rings. The molecule has 1 aliphatic heterocycles. The average Bonchev–Trinajstić information content (AvgIpc) is 3.08. The lowest BCUT2D eigenvalue weighted by Gasteiger charge is -2.16. The number of hydrogen-bond donors (Lipinski definition) is 1. The van der Waals surface area contributed by atoms with Gasteiger partial charge in [-0.1, -0.05) is 24.3 Å². The van der Waals surface area contributed by atoms with Crippen molar-refractivity contribution in [2.45, 2.75) is 19.3 Å². The number of carbonyl (C=O) groups excluding carboxylic acids is 2. The van der Waals surface area contributed by atoms with Crippen LogP contribution in [0.15, 0.2) is 59.5 Å².